The van der Waals surface area contributed by atoms with E-state index in [1.54, 1.807) is 48.8 Å². The molecule has 2 rings (SSSR count). The zero-order chi connectivity index (χ0) is 18.2. The molecule has 132 valence electrons. The van der Waals surface area contributed by atoms with Crippen molar-refractivity contribution in [2.45, 2.75) is 25.8 Å². The van der Waals surface area contributed by atoms with Gasteiger partial charge in [-0.3, -0.25) is 9.98 Å². The van der Waals surface area contributed by atoms with Gasteiger partial charge in [0, 0.05) is 40.1 Å². The summed E-state index contributed by atoms with van der Waals surface area (Å²) in [7, 11) is 0. The molecule has 0 bridgehead atoms. The first-order chi connectivity index (χ1) is 12.0. The Morgan fingerprint density at radius 3 is 2.08 bits per heavy atom. The van der Waals surface area contributed by atoms with E-state index in [9.17, 15) is 10.2 Å². The molecule has 1 atom stereocenters. The SMILES string of the molecule is CCC(CCN=Cc1cc(Cl)ccc1O)N=Cc1cc(Cl)ccc1O. The van der Waals surface area contributed by atoms with E-state index in [0.29, 0.717) is 27.7 Å². The normalized spacial score (nSPS) is 12.9. The van der Waals surface area contributed by atoms with Gasteiger partial charge in [0.15, 0.2) is 0 Å². The highest BCUT2D eigenvalue weighted by molar-refractivity contribution is 6.31. The lowest BCUT2D eigenvalue weighted by Gasteiger charge is -2.08. The lowest BCUT2D eigenvalue weighted by atomic mass is 10.1. The standard InChI is InChI=1S/C19H20Cl2N2O2/c1-2-17(23-12-14-10-16(21)4-6-19(14)25)7-8-22-11-13-9-15(20)3-5-18(13)24/h3-6,9-12,17,24-25H,2,7-8H2,1H3. The van der Waals surface area contributed by atoms with Crippen LogP contribution >= 0.6 is 23.2 Å². The first-order valence-corrected chi connectivity index (χ1v) is 8.75. The predicted octanol–water partition coefficient (Wildman–Crippen LogP) is 5.11. The molecule has 2 aromatic carbocycles. The maximum Gasteiger partial charge on any atom is 0.124 e. The third-order valence-electron chi connectivity index (χ3n) is 3.70. The minimum Gasteiger partial charge on any atom is -0.507 e. The van der Waals surface area contributed by atoms with Gasteiger partial charge in [-0.05, 0) is 49.2 Å². The molecule has 0 amide bonds. The van der Waals surface area contributed by atoms with Crippen molar-refractivity contribution in [3.8, 4) is 11.5 Å². The van der Waals surface area contributed by atoms with Crippen molar-refractivity contribution >= 4 is 35.6 Å². The van der Waals surface area contributed by atoms with Gasteiger partial charge in [-0.15, -0.1) is 0 Å². The number of aliphatic imine (C=N–C) groups is 2. The van der Waals surface area contributed by atoms with E-state index < -0.39 is 0 Å². The third-order valence-corrected chi connectivity index (χ3v) is 4.17. The maximum absolute atomic E-state index is 9.80. The molecule has 0 spiro atoms. The highest BCUT2D eigenvalue weighted by Crippen LogP contribution is 2.21. The van der Waals surface area contributed by atoms with Crippen LogP contribution in [0.2, 0.25) is 10.0 Å². The first kappa shape index (κ1) is 19.3. The summed E-state index contributed by atoms with van der Waals surface area (Å²) >= 11 is 11.8. The van der Waals surface area contributed by atoms with E-state index in [1.165, 1.54) is 0 Å². The van der Waals surface area contributed by atoms with Gasteiger partial charge in [-0.25, -0.2) is 0 Å². The number of halogens is 2. The molecular formula is C19H20Cl2N2O2. The van der Waals surface area contributed by atoms with E-state index in [1.807, 2.05) is 6.92 Å². The van der Waals surface area contributed by atoms with Crippen LogP contribution in [0.15, 0.2) is 46.4 Å². The molecule has 0 saturated heterocycles. The fourth-order valence-corrected chi connectivity index (χ4v) is 2.57. The van der Waals surface area contributed by atoms with Crippen LogP contribution in [0.3, 0.4) is 0 Å². The van der Waals surface area contributed by atoms with E-state index in [0.717, 1.165) is 12.8 Å². The molecule has 1 unspecified atom stereocenters. The second-order valence-electron chi connectivity index (χ2n) is 5.57. The zero-order valence-corrected chi connectivity index (χ0v) is 15.4. The van der Waals surface area contributed by atoms with Gasteiger partial charge in [-0.1, -0.05) is 30.1 Å². The molecule has 2 N–H and O–H groups in total. The largest absolute Gasteiger partial charge is 0.507 e. The molecule has 0 heterocycles. The van der Waals surface area contributed by atoms with Crippen molar-refractivity contribution < 1.29 is 10.2 Å². The van der Waals surface area contributed by atoms with Gasteiger partial charge < -0.3 is 10.2 Å². The summed E-state index contributed by atoms with van der Waals surface area (Å²) in [5, 5.41) is 20.6. The fourth-order valence-electron chi connectivity index (χ4n) is 2.21. The molecule has 0 aliphatic rings. The number of phenolic OH excluding ortho intramolecular Hbond substituents is 2. The van der Waals surface area contributed by atoms with Gasteiger partial charge in [0.1, 0.15) is 11.5 Å². The lowest BCUT2D eigenvalue weighted by Crippen LogP contribution is -2.05. The second kappa shape index (κ2) is 9.44. The van der Waals surface area contributed by atoms with Crippen molar-refractivity contribution in [2.24, 2.45) is 9.98 Å². The Hall–Kier alpha value is -2.04. The van der Waals surface area contributed by atoms with Crippen molar-refractivity contribution in [3.63, 3.8) is 0 Å². The molecule has 0 aromatic heterocycles. The van der Waals surface area contributed by atoms with E-state index in [4.69, 9.17) is 23.2 Å². The molecule has 0 radical (unpaired) electrons. The molecule has 6 heteroatoms. The van der Waals surface area contributed by atoms with E-state index in [-0.39, 0.29) is 17.5 Å². The van der Waals surface area contributed by atoms with Crippen molar-refractivity contribution in [1.82, 2.24) is 0 Å². The number of nitrogens with zero attached hydrogens (tertiary/aromatic N) is 2. The number of aromatic hydroxyl groups is 2. The smallest absolute Gasteiger partial charge is 0.124 e. The highest BCUT2D eigenvalue weighted by Gasteiger charge is 2.04. The molecule has 0 aliphatic carbocycles. The Balaban J connectivity index is 1.93. The zero-order valence-electron chi connectivity index (χ0n) is 13.9. The molecule has 0 fully saturated rings. The summed E-state index contributed by atoms with van der Waals surface area (Å²) in [6, 6.07) is 9.77. The van der Waals surface area contributed by atoms with Crippen LogP contribution in [-0.2, 0) is 0 Å². The highest BCUT2D eigenvalue weighted by atomic mass is 35.5. The van der Waals surface area contributed by atoms with Crippen LogP contribution in [0.5, 0.6) is 11.5 Å². The molecule has 2 aromatic rings. The Morgan fingerprint density at radius 1 is 0.960 bits per heavy atom. The molecule has 25 heavy (non-hydrogen) atoms. The van der Waals surface area contributed by atoms with E-state index >= 15 is 0 Å². The number of rotatable bonds is 7. The summed E-state index contributed by atoms with van der Waals surface area (Å²) < 4.78 is 0. The minimum atomic E-state index is 0.0866. The third kappa shape index (κ3) is 6.07. The van der Waals surface area contributed by atoms with Crippen LogP contribution < -0.4 is 0 Å². The van der Waals surface area contributed by atoms with Crippen LogP contribution in [0.1, 0.15) is 30.9 Å². The minimum absolute atomic E-state index is 0.0866. The molecule has 4 nitrogen and oxygen atoms in total. The topological polar surface area (TPSA) is 65.2 Å². The lowest BCUT2D eigenvalue weighted by molar-refractivity contribution is 0.474. The summed E-state index contributed by atoms with van der Waals surface area (Å²) in [6.45, 7) is 2.62. The molecule has 0 aliphatic heterocycles. The van der Waals surface area contributed by atoms with Gasteiger partial charge in [0.05, 0.1) is 6.04 Å². The summed E-state index contributed by atoms with van der Waals surface area (Å²) in [5.74, 6) is 0.298. The first-order valence-electron chi connectivity index (χ1n) is 7.99. The fraction of sp³-hybridized carbons (Fsp3) is 0.263. The second-order valence-corrected chi connectivity index (χ2v) is 6.44. The Labute approximate surface area is 157 Å². The summed E-state index contributed by atoms with van der Waals surface area (Å²) in [4.78, 5) is 8.83. The number of phenols is 2. The van der Waals surface area contributed by atoms with Gasteiger partial charge >= 0.3 is 0 Å². The summed E-state index contributed by atoms with van der Waals surface area (Å²) in [6.07, 6.45) is 4.87. The van der Waals surface area contributed by atoms with E-state index in [2.05, 4.69) is 9.98 Å². The molecule has 0 saturated carbocycles. The summed E-state index contributed by atoms with van der Waals surface area (Å²) in [5.41, 5.74) is 1.19. The van der Waals surface area contributed by atoms with Gasteiger partial charge in [0.25, 0.3) is 0 Å². The van der Waals surface area contributed by atoms with Crippen LogP contribution in [-0.4, -0.2) is 35.2 Å². The van der Waals surface area contributed by atoms with Crippen LogP contribution in [0.25, 0.3) is 0 Å². The van der Waals surface area contributed by atoms with Gasteiger partial charge in [0.2, 0.25) is 0 Å². The van der Waals surface area contributed by atoms with Crippen LogP contribution in [0.4, 0.5) is 0 Å². The molecular weight excluding hydrogens is 359 g/mol. The number of hydrogen-bond donors (Lipinski definition) is 2. The van der Waals surface area contributed by atoms with Crippen molar-refractivity contribution in [2.75, 3.05) is 6.54 Å². The average molecular weight is 379 g/mol. The predicted molar refractivity (Wildman–Crippen MR) is 105 cm³/mol. The number of hydrogen-bond acceptors (Lipinski definition) is 4. The van der Waals surface area contributed by atoms with Crippen LogP contribution in [0, 0.1) is 0 Å². The van der Waals surface area contributed by atoms with Crippen molar-refractivity contribution in [3.05, 3.63) is 57.6 Å². The quantitative estimate of drug-likeness (QED) is 0.657. The monoisotopic (exact) mass is 378 g/mol. The Morgan fingerprint density at radius 2 is 1.52 bits per heavy atom. The van der Waals surface area contributed by atoms with Crippen molar-refractivity contribution in [1.29, 1.82) is 0 Å². The van der Waals surface area contributed by atoms with Gasteiger partial charge in [-0.2, -0.15) is 0 Å². The maximum atomic E-state index is 9.80. The Kier molecular flexibility index (Phi) is 7.29. The number of benzene rings is 2. The average Bonchev–Trinajstić information content (AvgIpc) is 2.60. The Bertz CT molecular complexity index is 776.